The van der Waals surface area contributed by atoms with Crippen LogP contribution < -0.4 is 10.2 Å². The van der Waals surface area contributed by atoms with E-state index in [9.17, 15) is 4.79 Å². The average Bonchev–Trinajstić information content (AvgIpc) is 2.84. The number of aromatic nitrogens is 2. The van der Waals surface area contributed by atoms with Gasteiger partial charge in [-0.1, -0.05) is 30.3 Å². The molecule has 1 N–H and O–H groups in total. The number of nitrogens with one attached hydrogen (secondary N) is 1. The summed E-state index contributed by atoms with van der Waals surface area (Å²) in [4.78, 5) is 28.4. The predicted octanol–water partition coefficient (Wildman–Crippen LogP) is 2.02. The van der Waals surface area contributed by atoms with Gasteiger partial charge in [0.15, 0.2) is 0 Å². The Kier molecular flexibility index (Phi) is 7.85. The van der Waals surface area contributed by atoms with Crippen LogP contribution in [0.1, 0.15) is 24.8 Å². The molecule has 31 heavy (non-hydrogen) atoms. The lowest BCUT2D eigenvalue weighted by Gasteiger charge is -2.35. The quantitative estimate of drug-likeness (QED) is 0.657. The van der Waals surface area contributed by atoms with E-state index in [1.165, 1.54) is 5.56 Å². The molecule has 0 aliphatic carbocycles. The summed E-state index contributed by atoms with van der Waals surface area (Å²) in [5.74, 6) is 1.09. The number of amides is 1. The van der Waals surface area contributed by atoms with Crippen molar-refractivity contribution in [3.05, 3.63) is 54.5 Å². The Morgan fingerprint density at radius 2 is 1.84 bits per heavy atom. The molecule has 1 unspecified atom stereocenters. The highest BCUT2D eigenvalue weighted by Gasteiger charge is 2.26. The van der Waals surface area contributed by atoms with Gasteiger partial charge in [-0.05, 0) is 31.4 Å². The van der Waals surface area contributed by atoms with Crippen LogP contribution in [0.5, 0.6) is 0 Å². The number of anilines is 1. The van der Waals surface area contributed by atoms with Crippen molar-refractivity contribution in [1.82, 2.24) is 25.1 Å². The molecule has 1 aromatic heterocycles. The van der Waals surface area contributed by atoms with Crippen molar-refractivity contribution in [3.8, 4) is 0 Å². The molecule has 1 aromatic carbocycles. The Labute approximate surface area is 185 Å². The highest BCUT2D eigenvalue weighted by molar-refractivity contribution is 5.79. The summed E-state index contributed by atoms with van der Waals surface area (Å²) in [6.07, 6.45) is 8.14. The number of piperidine rings is 1. The summed E-state index contributed by atoms with van der Waals surface area (Å²) in [5, 5.41) is 3.17. The summed E-state index contributed by atoms with van der Waals surface area (Å²) < 4.78 is 0. The number of hydrogen-bond donors (Lipinski definition) is 1. The Hall–Kier alpha value is -2.51. The molecule has 7 heteroatoms. The van der Waals surface area contributed by atoms with E-state index in [-0.39, 0.29) is 11.8 Å². The van der Waals surface area contributed by atoms with Crippen LogP contribution in [0.3, 0.4) is 0 Å². The minimum atomic E-state index is 0.0392. The summed E-state index contributed by atoms with van der Waals surface area (Å²) in [6.45, 7) is 8.96. The molecular formula is C24H34N6O. The monoisotopic (exact) mass is 422 g/mol. The SMILES string of the molecule is O=C(NCCCN1CCN(Cc2ccccc2)CC1)C1CCCN(c2cnccn2)C1. The first-order valence-corrected chi connectivity index (χ1v) is 11.6. The summed E-state index contributed by atoms with van der Waals surface area (Å²) in [6, 6.07) is 10.7. The highest BCUT2D eigenvalue weighted by Crippen LogP contribution is 2.21. The first kappa shape index (κ1) is 21.7. The van der Waals surface area contributed by atoms with Gasteiger partial charge in [0, 0.05) is 64.8 Å². The summed E-state index contributed by atoms with van der Waals surface area (Å²) in [7, 11) is 0. The van der Waals surface area contributed by atoms with E-state index in [1.54, 1.807) is 18.6 Å². The van der Waals surface area contributed by atoms with Crippen LogP contribution in [0.25, 0.3) is 0 Å². The number of hydrogen-bond acceptors (Lipinski definition) is 6. The van der Waals surface area contributed by atoms with E-state index in [0.29, 0.717) is 0 Å². The highest BCUT2D eigenvalue weighted by atomic mass is 16.1. The third-order valence-electron chi connectivity index (χ3n) is 6.33. The largest absolute Gasteiger partial charge is 0.356 e. The van der Waals surface area contributed by atoms with Crippen molar-refractivity contribution in [3.63, 3.8) is 0 Å². The standard InChI is InChI=1S/C24H34N6O/c31-24(22-8-4-13-30(20-22)23-18-25-10-11-26-23)27-9-5-12-28-14-16-29(17-15-28)19-21-6-2-1-3-7-21/h1-3,6-7,10-11,18,22H,4-5,8-9,12-17,19-20H2,(H,27,31). The normalized spacial score (nSPS) is 20.5. The fourth-order valence-corrected chi connectivity index (χ4v) is 4.52. The number of carbonyl (C=O) groups is 1. The lowest BCUT2D eigenvalue weighted by Crippen LogP contribution is -2.47. The second kappa shape index (κ2) is 11.2. The van der Waals surface area contributed by atoms with Crippen LogP contribution in [0, 0.1) is 5.92 Å². The summed E-state index contributed by atoms with van der Waals surface area (Å²) >= 11 is 0. The Morgan fingerprint density at radius 3 is 2.61 bits per heavy atom. The first-order chi connectivity index (χ1) is 15.3. The van der Waals surface area contributed by atoms with Gasteiger partial charge in [-0.15, -0.1) is 0 Å². The first-order valence-electron chi connectivity index (χ1n) is 11.6. The molecule has 0 bridgehead atoms. The van der Waals surface area contributed by atoms with Crippen molar-refractivity contribution in [2.24, 2.45) is 5.92 Å². The maximum absolute atomic E-state index is 12.6. The molecule has 2 aliphatic rings. The van der Waals surface area contributed by atoms with Crippen molar-refractivity contribution in [2.45, 2.75) is 25.8 Å². The Bertz CT molecular complexity index is 794. The van der Waals surface area contributed by atoms with Gasteiger partial charge in [-0.3, -0.25) is 14.7 Å². The zero-order valence-electron chi connectivity index (χ0n) is 18.3. The number of benzene rings is 1. The van der Waals surface area contributed by atoms with Crippen LogP contribution in [0.2, 0.25) is 0 Å². The number of rotatable bonds is 8. The second-order valence-corrected chi connectivity index (χ2v) is 8.60. The number of piperazine rings is 1. The molecule has 0 saturated carbocycles. The van der Waals surface area contributed by atoms with Gasteiger partial charge in [0.25, 0.3) is 0 Å². The molecule has 166 valence electrons. The molecule has 7 nitrogen and oxygen atoms in total. The molecule has 0 radical (unpaired) electrons. The molecule has 2 saturated heterocycles. The zero-order chi connectivity index (χ0) is 21.3. The van der Waals surface area contributed by atoms with E-state index < -0.39 is 0 Å². The molecule has 1 atom stereocenters. The molecule has 4 rings (SSSR count). The third-order valence-corrected chi connectivity index (χ3v) is 6.33. The van der Waals surface area contributed by atoms with Crippen LogP contribution in [0.15, 0.2) is 48.9 Å². The molecule has 1 amide bonds. The second-order valence-electron chi connectivity index (χ2n) is 8.60. The third kappa shape index (κ3) is 6.48. The molecule has 0 spiro atoms. The molecular weight excluding hydrogens is 388 g/mol. The van der Waals surface area contributed by atoms with E-state index in [4.69, 9.17) is 0 Å². The zero-order valence-corrected chi connectivity index (χ0v) is 18.3. The van der Waals surface area contributed by atoms with Crippen molar-refractivity contribution in [2.75, 3.05) is 57.3 Å². The van der Waals surface area contributed by atoms with Crippen LogP contribution in [-0.4, -0.2) is 78.0 Å². The minimum absolute atomic E-state index is 0.0392. The van der Waals surface area contributed by atoms with Crippen LogP contribution in [-0.2, 0) is 11.3 Å². The van der Waals surface area contributed by atoms with Crippen molar-refractivity contribution >= 4 is 11.7 Å². The predicted molar refractivity (Wildman–Crippen MR) is 123 cm³/mol. The van der Waals surface area contributed by atoms with E-state index in [1.807, 2.05) is 0 Å². The Balaban J connectivity index is 1.11. The Morgan fingerprint density at radius 1 is 1.03 bits per heavy atom. The smallest absolute Gasteiger partial charge is 0.224 e. The van der Waals surface area contributed by atoms with Gasteiger partial charge in [-0.2, -0.15) is 0 Å². The molecule has 2 aliphatic heterocycles. The maximum atomic E-state index is 12.6. The fraction of sp³-hybridized carbons (Fsp3) is 0.542. The van der Waals surface area contributed by atoms with Gasteiger partial charge in [-0.25, -0.2) is 4.98 Å². The van der Waals surface area contributed by atoms with Gasteiger partial charge >= 0.3 is 0 Å². The number of carbonyl (C=O) groups excluding carboxylic acids is 1. The van der Waals surface area contributed by atoms with E-state index >= 15 is 0 Å². The topological polar surface area (TPSA) is 64.6 Å². The van der Waals surface area contributed by atoms with Crippen molar-refractivity contribution < 1.29 is 4.79 Å². The van der Waals surface area contributed by atoms with Crippen LogP contribution in [0.4, 0.5) is 5.82 Å². The number of nitrogens with zero attached hydrogens (tertiary/aromatic N) is 5. The van der Waals surface area contributed by atoms with Gasteiger partial charge in [0.05, 0.1) is 12.1 Å². The van der Waals surface area contributed by atoms with Gasteiger partial charge in [0.1, 0.15) is 5.82 Å². The average molecular weight is 423 g/mol. The molecule has 3 heterocycles. The van der Waals surface area contributed by atoms with E-state index in [2.05, 4.69) is 60.3 Å². The lowest BCUT2D eigenvalue weighted by molar-refractivity contribution is -0.125. The van der Waals surface area contributed by atoms with Gasteiger partial charge in [0.2, 0.25) is 5.91 Å². The summed E-state index contributed by atoms with van der Waals surface area (Å²) in [5.41, 5.74) is 1.39. The molecule has 2 fully saturated rings. The van der Waals surface area contributed by atoms with E-state index in [0.717, 1.165) is 84.0 Å². The lowest BCUT2D eigenvalue weighted by atomic mass is 9.97. The maximum Gasteiger partial charge on any atom is 0.224 e. The van der Waals surface area contributed by atoms with Crippen molar-refractivity contribution in [1.29, 1.82) is 0 Å². The fourth-order valence-electron chi connectivity index (χ4n) is 4.52. The minimum Gasteiger partial charge on any atom is -0.356 e. The van der Waals surface area contributed by atoms with Gasteiger partial charge < -0.3 is 15.1 Å². The molecule has 2 aromatic rings. The van der Waals surface area contributed by atoms with Crippen LogP contribution >= 0.6 is 0 Å².